The summed E-state index contributed by atoms with van der Waals surface area (Å²) in [6.07, 6.45) is 0. The maximum atomic E-state index is 12.3. The molecule has 10 heteroatoms. The van der Waals surface area contributed by atoms with E-state index in [0.717, 1.165) is 10.6 Å². The van der Waals surface area contributed by atoms with Gasteiger partial charge < -0.3 is 5.32 Å². The fraction of sp³-hybridized carbons (Fsp3) is 0.312. The van der Waals surface area contributed by atoms with E-state index in [4.69, 9.17) is 0 Å². The summed E-state index contributed by atoms with van der Waals surface area (Å²) in [4.78, 5) is 24.3. The maximum absolute atomic E-state index is 12.3. The summed E-state index contributed by atoms with van der Waals surface area (Å²) in [5.74, 6) is -1.29. The average Bonchev–Trinajstić information content (AvgIpc) is 3.05. The molecule has 3 rings (SSSR count). The summed E-state index contributed by atoms with van der Waals surface area (Å²) < 4.78 is 0. The van der Waals surface area contributed by atoms with E-state index in [0.29, 0.717) is 5.13 Å². The molecule has 2 aromatic rings. The van der Waals surface area contributed by atoms with Gasteiger partial charge in [-0.2, -0.15) is 5.26 Å². The number of nitrogens with one attached hydrogen (secondary N) is 3. The summed E-state index contributed by atoms with van der Waals surface area (Å²) in [7, 11) is 0. The highest BCUT2D eigenvalue weighted by Gasteiger charge is 2.37. The molecule has 1 aromatic carbocycles. The van der Waals surface area contributed by atoms with E-state index in [1.54, 1.807) is 6.92 Å². The summed E-state index contributed by atoms with van der Waals surface area (Å²) in [5, 5.41) is 26.8. The minimum atomic E-state index is -0.826. The van der Waals surface area contributed by atoms with Gasteiger partial charge in [-0.15, -0.1) is 22.0 Å². The number of thioether (sulfide) groups is 1. The second kappa shape index (κ2) is 8.27. The lowest BCUT2D eigenvalue weighted by molar-refractivity contribution is -0.126. The molecule has 3 N–H and O–H groups in total. The molecule has 1 saturated heterocycles. The van der Waals surface area contributed by atoms with Crippen LogP contribution in [-0.2, 0) is 9.59 Å². The first kappa shape index (κ1) is 18.3. The second-order valence-corrected chi connectivity index (χ2v) is 7.81. The Hall–Kier alpha value is -2.48. The van der Waals surface area contributed by atoms with Crippen LogP contribution in [-0.4, -0.2) is 33.3 Å². The van der Waals surface area contributed by atoms with E-state index >= 15 is 0 Å². The quantitative estimate of drug-likeness (QED) is 0.708. The van der Waals surface area contributed by atoms with Crippen LogP contribution in [0.3, 0.4) is 0 Å². The molecule has 0 spiro atoms. The molecule has 1 fully saturated rings. The maximum Gasteiger partial charge on any atom is 0.241 e. The zero-order chi connectivity index (χ0) is 18.5. The Morgan fingerprint density at radius 1 is 1.38 bits per heavy atom. The van der Waals surface area contributed by atoms with Crippen molar-refractivity contribution >= 4 is 40.0 Å². The van der Waals surface area contributed by atoms with Crippen LogP contribution in [0.1, 0.15) is 16.6 Å². The number of carbonyl (C=O) groups excluding carboxylic acids is 2. The number of carbonyl (C=O) groups is 2. The van der Waals surface area contributed by atoms with Gasteiger partial charge >= 0.3 is 0 Å². The molecule has 3 unspecified atom stereocenters. The predicted molar refractivity (Wildman–Crippen MR) is 99.1 cm³/mol. The SMILES string of the molecule is Cc1nnc(NC(=O)CSC2NC(=O)C(C#N)C(c3ccccc3)N2)s1. The van der Waals surface area contributed by atoms with E-state index in [9.17, 15) is 14.9 Å². The lowest BCUT2D eigenvalue weighted by atomic mass is 9.92. The molecule has 1 aromatic heterocycles. The number of benzene rings is 1. The topological polar surface area (TPSA) is 120 Å². The van der Waals surface area contributed by atoms with Gasteiger partial charge in [0, 0.05) is 0 Å². The summed E-state index contributed by atoms with van der Waals surface area (Å²) in [6.45, 7) is 1.80. The second-order valence-electron chi connectivity index (χ2n) is 5.54. The van der Waals surface area contributed by atoms with Gasteiger partial charge in [0.25, 0.3) is 0 Å². The number of anilines is 1. The van der Waals surface area contributed by atoms with Crippen molar-refractivity contribution in [2.45, 2.75) is 18.5 Å². The Labute approximate surface area is 158 Å². The molecule has 2 heterocycles. The number of aromatic nitrogens is 2. The van der Waals surface area contributed by atoms with Crippen molar-refractivity contribution < 1.29 is 9.59 Å². The van der Waals surface area contributed by atoms with Crippen LogP contribution in [0.5, 0.6) is 0 Å². The number of hydrogen-bond donors (Lipinski definition) is 3. The van der Waals surface area contributed by atoms with Crippen LogP contribution in [0.15, 0.2) is 30.3 Å². The van der Waals surface area contributed by atoms with Gasteiger partial charge in [-0.3, -0.25) is 20.2 Å². The first-order chi connectivity index (χ1) is 12.6. The van der Waals surface area contributed by atoms with E-state index in [1.807, 2.05) is 36.4 Å². The summed E-state index contributed by atoms with van der Waals surface area (Å²) >= 11 is 2.53. The Bertz CT molecular complexity index is 835. The molecule has 2 amide bonds. The number of nitrogens with zero attached hydrogens (tertiary/aromatic N) is 3. The zero-order valence-corrected chi connectivity index (χ0v) is 15.4. The molecule has 3 atom stereocenters. The number of aryl methyl sites for hydroxylation is 1. The van der Waals surface area contributed by atoms with Crippen LogP contribution >= 0.6 is 23.1 Å². The lowest BCUT2D eigenvalue weighted by Crippen LogP contribution is -2.56. The minimum absolute atomic E-state index is 0.120. The van der Waals surface area contributed by atoms with Crippen molar-refractivity contribution in [3.8, 4) is 6.07 Å². The number of amides is 2. The van der Waals surface area contributed by atoms with Crippen LogP contribution in [0.4, 0.5) is 5.13 Å². The first-order valence-corrected chi connectivity index (χ1v) is 9.66. The molecule has 134 valence electrons. The normalized spacial score (nSPS) is 22.3. The Kier molecular flexibility index (Phi) is 5.82. The molecule has 0 aliphatic carbocycles. The van der Waals surface area contributed by atoms with Crippen molar-refractivity contribution in [2.75, 3.05) is 11.1 Å². The zero-order valence-electron chi connectivity index (χ0n) is 13.8. The van der Waals surface area contributed by atoms with Crippen LogP contribution < -0.4 is 16.0 Å². The summed E-state index contributed by atoms with van der Waals surface area (Å²) in [6, 6.07) is 10.9. The number of nitriles is 1. The highest BCUT2D eigenvalue weighted by atomic mass is 32.2. The van der Waals surface area contributed by atoms with E-state index < -0.39 is 17.5 Å². The largest absolute Gasteiger partial charge is 0.331 e. The van der Waals surface area contributed by atoms with Gasteiger partial charge in [-0.05, 0) is 12.5 Å². The highest BCUT2D eigenvalue weighted by molar-refractivity contribution is 8.00. The fourth-order valence-electron chi connectivity index (χ4n) is 2.50. The van der Waals surface area contributed by atoms with Crippen molar-refractivity contribution in [3.05, 3.63) is 40.9 Å². The van der Waals surface area contributed by atoms with Crippen molar-refractivity contribution in [1.29, 1.82) is 5.26 Å². The molecular weight excluding hydrogens is 372 g/mol. The van der Waals surface area contributed by atoms with Gasteiger partial charge in [0.15, 0.2) is 0 Å². The van der Waals surface area contributed by atoms with E-state index in [1.165, 1.54) is 23.1 Å². The van der Waals surface area contributed by atoms with Gasteiger partial charge in [-0.25, -0.2) is 0 Å². The molecule has 0 bridgehead atoms. The Morgan fingerprint density at radius 2 is 2.15 bits per heavy atom. The van der Waals surface area contributed by atoms with Crippen LogP contribution in [0.2, 0.25) is 0 Å². The summed E-state index contributed by atoms with van der Waals surface area (Å²) in [5.41, 5.74) is 0.382. The average molecular weight is 388 g/mol. The predicted octanol–water partition coefficient (Wildman–Crippen LogP) is 1.40. The molecule has 0 saturated carbocycles. The monoisotopic (exact) mass is 388 g/mol. The standard InChI is InChI=1S/C16H16N6O2S2/c1-9-21-22-16(26-9)18-12(23)8-25-15-19-13(10-5-3-2-4-6-10)11(7-17)14(24)20-15/h2-6,11,13,15,19H,8H2,1H3,(H,20,24)(H,18,22,23). The van der Waals surface area contributed by atoms with Crippen molar-refractivity contribution in [3.63, 3.8) is 0 Å². The third-order valence-corrected chi connectivity index (χ3v) is 5.44. The fourth-order valence-corrected chi connectivity index (χ4v) is 3.95. The molecule has 26 heavy (non-hydrogen) atoms. The van der Waals surface area contributed by atoms with Gasteiger partial charge in [0.1, 0.15) is 16.4 Å². The first-order valence-electron chi connectivity index (χ1n) is 7.79. The Morgan fingerprint density at radius 3 is 2.81 bits per heavy atom. The van der Waals surface area contributed by atoms with Crippen LogP contribution in [0, 0.1) is 24.2 Å². The van der Waals surface area contributed by atoms with Crippen LogP contribution in [0.25, 0.3) is 0 Å². The number of hydrogen-bond acceptors (Lipinski definition) is 8. The Balaban J connectivity index is 1.61. The van der Waals surface area contributed by atoms with Gasteiger partial charge in [-0.1, -0.05) is 41.7 Å². The molecular formula is C16H16N6O2S2. The lowest BCUT2D eigenvalue weighted by Gasteiger charge is -2.34. The minimum Gasteiger partial charge on any atom is -0.331 e. The van der Waals surface area contributed by atoms with Crippen molar-refractivity contribution in [1.82, 2.24) is 20.8 Å². The molecule has 1 aliphatic rings. The van der Waals surface area contributed by atoms with Crippen molar-refractivity contribution in [2.24, 2.45) is 5.92 Å². The van der Waals surface area contributed by atoms with Gasteiger partial charge in [0.05, 0.1) is 17.9 Å². The number of rotatable bonds is 5. The van der Waals surface area contributed by atoms with E-state index in [2.05, 4.69) is 26.1 Å². The van der Waals surface area contributed by atoms with Gasteiger partial charge in [0.2, 0.25) is 16.9 Å². The smallest absolute Gasteiger partial charge is 0.241 e. The molecule has 1 aliphatic heterocycles. The third-order valence-electron chi connectivity index (χ3n) is 3.67. The molecule has 8 nitrogen and oxygen atoms in total. The molecule has 0 radical (unpaired) electrons. The third kappa shape index (κ3) is 4.37. The highest BCUT2D eigenvalue weighted by Crippen LogP contribution is 2.28. The van der Waals surface area contributed by atoms with E-state index in [-0.39, 0.29) is 17.6 Å².